The van der Waals surface area contributed by atoms with Crippen molar-refractivity contribution in [2.75, 3.05) is 0 Å². The van der Waals surface area contributed by atoms with Gasteiger partial charge in [-0.05, 0) is 84.2 Å². The molecule has 196 valence electrons. The topological polar surface area (TPSA) is 66.8 Å². The first-order valence-electron chi connectivity index (χ1n) is 13.8. The third kappa shape index (κ3) is 3.72. The van der Waals surface area contributed by atoms with Crippen LogP contribution in [0, 0.1) is 39.4 Å². The molecule has 4 nitrogen and oxygen atoms in total. The molecule has 4 heteroatoms. The largest absolute Gasteiger partial charge is 0.464 e. The molecule has 0 unspecified atom stereocenters. The number of aliphatic hydroxyl groups excluding tert-OH is 2. The Morgan fingerprint density at radius 1 is 1.14 bits per heavy atom. The van der Waals surface area contributed by atoms with Crippen LogP contribution in [0.5, 0.6) is 0 Å². The second-order valence-electron chi connectivity index (χ2n) is 13.6. The quantitative estimate of drug-likeness (QED) is 0.325. The molecule has 0 bridgehead atoms. The molecule has 0 heterocycles. The molecule has 0 aromatic carbocycles. The van der Waals surface area contributed by atoms with Crippen LogP contribution >= 0.6 is 0 Å². The van der Waals surface area contributed by atoms with E-state index in [0.29, 0.717) is 24.7 Å². The SMILES string of the molecule is C=C(CC[C@H](OC=O)[C@H]1C[C@H](O)[C@@]2(C)C3=CC[C@H]4C(C)(C)[C@@H](O)CC[C@]4(C)C3=CC[C@]12C)C(C)C. The van der Waals surface area contributed by atoms with Crippen LogP contribution in [-0.2, 0) is 9.53 Å². The summed E-state index contributed by atoms with van der Waals surface area (Å²) in [5.41, 5.74) is 3.14. The molecule has 35 heavy (non-hydrogen) atoms. The van der Waals surface area contributed by atoms with Crippen LogP contribution in [0.4, 0.5) is 0 Å². The summed E-state index contributed by atoms with van der Waals surface area (Å²) in [5, 5.41) is 22.5. The molecule has 4 aliphatic carbocycles. The Kier molecular flexibility index (Phi) is 6.76. The van der Waals surface area contributed by atoms with Gasteiger partial charge >= 0.3 is 0 Å². The van der Waals surface area contributed by atoms with E-state index in [1.54, 1.807) is 0 Å². The van der Waals surface area contributed by atoms with Crippen molar-refractivity contribution in [3.8, 4) is 0 Å². The lowest BCUT2D eigenvalue weighted by atomic mass is 9.44. The Labute approximate surface area is 212 Å². The van der Waals surface area contributed by atoms with E-state index >= 15 is 0 Å². The van der Waals surface area contributed by atoms with Crippen molar-refractivity contribution in [2.45, 2.75) is 112 Å². The minimum Gasteiger partial charge on any atom is -0.464 e. The third-order valence-corrected chi connectivity index (χ3v) is 11.6. The van der Waals surface area contributed by atoms with Crippen molar-refractivity contribution in [1.29, 1.82) is 0 Å². The van der Waals surface area contributed by atoms with Gasteiger partial charge in [-0.3, -0.25) is 4.79 Å². The second kappa shape index (κ2) is 8.87. The normalized spacial score (nSPS) is 42.8. The van der Waals surface area contributed by atoms with Crippen molar-refractivity contribution < 1.29 is 19.7 Å². The summed E-state index contributed by atoms with van der Waals surface area (Å²) in [4.78, 5) is 11.5. The number of carbonyl (C=O) groups is 1. The maximum atomic E-state index is 11.7. The van der Waals surface area contributed by atoms with E-state index in [2.05, 4.69) is 67.2 Å². The minimum atomic E-state index is -0.485. The smallest absolute Gasteiger partial charge is 0.293 e. The van der Waals surface area contributed by atoms with Gasteiger partial charge in [-0.2, -0.15) is 0 Å². The summed E-state index contributed by atoms with van der Waals surface area (Å²) in [6.07, 6.45) is 9.66. The van der Waals surface area contributed by atoms with Crippen LogP contribution in [0.3, 0.4) is 0 Å². The number of fused-ring (bicyclic) bond motifs is 5. The molecular formula is C31H48O4. The Hall–Kier alpha value is -1.39. The molecule has 0 spiro atoms. The number of ether oxygens (including phenoxy) is 1. The molecule has 2 saturated carbocycles. The van der Waals surface area contributed by atoms with Crippen LogP contribution in [0.25, 0.3) is 0 Å². The van der Waals surface area contributed by atoms with E-state index in [1.165, 1.54) is 16.7 Å². The van der Waals surface area contributed by atoms with Crippen molar-refractivity contribution in [3.63, 3.8) is 0 Å². The minimum absolute atomic E-state index is 0.00264. The van der Waals surface area contributed by atoms with Crippen LogP contribution in [0.1, 0.15) is 93.4 Å². The highest BCUT2D eigenvalue weighted by atomic mass is 16.5. The lowest BCUT2D eigenvalue weighted by Gasteiger charge is -2.61. The van der Waals surface area contributed by atoms with Gasteiger partial charge < -0.3 is 14.9 Å². The predicted molar refractivity (Wildman–Crippen MR) is 140 cm³/mol. The molecule has 0 radical (unpaired) electrons. The summed E-state index contributed by atoms with van der Waals surface area (Å²) >= 11 is 0. The van der Waals surface area contributed by atoms with E-state index in [-0.39, 0.29) is 34.4 Å². The number of carbonyl (C=O) groups excluding carboxylic acids is 1. The van der Waals surface area contributed by atoms with Crippen LogP contribution in [-0.4, -0.2) is 35.0 Å². The number of allylic oxidation sites excluding steroid dienone is 4. The van der Waals surface area contributed by atoms with E-state index in [0.717, 1.165) is 38.5 Å². The maximum Gasteiger partial charge on any atom is 0.293 e. The third-order valence-electron chi connectivity index (χ3n) is 11.6. The highest BCUT2D eigenvalue weighted by Crippen LogP contribution is 2.71. The summed E-state index contributed by atoms with van der Waals surface area (Å²) < 4.78 is 5.74. The summed E-state index contributed by atoms with van der Waals surface area (Å²) in [6.45, 7) is 20.5. The molecule has 8 atom stereocenters. The van der Waals surface area contributed by atoms with Gasteiger partial charge in [0.15, 0.2) is 0 Å². The molecule has 0 aromatic rings. The van der Waals surface area contributed by atoms with Crippen LogP contribution < -0.4 is 0 Å². The highest BCUT2D eigenvalue weighted by Gasteiger charge is 2.67. The van der Waals surface area contributed by atoms with Gasteiger partial charge in [0.1, 0.15) is 6.10 Å². The van der Waals surface area contributed by atoms with Crippen molar-refractivity contribution in [1.82, 2.24) is 0 Å². The van der Waals surface area contributed by atoms with Gasteiger partial charge in [0.05, 0.1) is 12.2 Å². The average molecular weight is 485 g/mol. The van der Waals surface area contributed by atoms with Crippen molar-refractivity contribution >= 4 is 6.47 Å². The Morgan fingerprint density at radius 3 is 2.46 bits per heavy atom. The number of hydrogen-bond donors (Lipinski definition) is 2. The average Bonchev–Trinajstić information content (AvgIpc) is 3.00. The van der Waals surface area contributed by atoms with E-state index in [9.17, 15) is 15.0 Å². The van der Waals surface area contributed by atoms with Gasteiger partial charge in [0, 0.05) is 11.3 Å². The van der Waals surface area contributed by atoms with E-state index in [4.69, 9.17) is 4.74 Å². The summed E-state index contributed by atoms with van der Waals surface area (Å²) in [5.74, 6) is 0.868. The standard InChI is InChI=1S/C31H48O4/c1-19(2)20(3)9-11-24(35-18-32)23-17-27(34)31(8)22-10-12-25-28(4,5)26(33)14-15-29(25,6)21(22)13-16-30(23,31)7/h10,13,18-19,23-27,33-34H,3,9,11-12,14-17H2,1-2,4-8H3/t23-,24+,25+,26+,27+,29-,30-,31-/m1/s1. The van der Waals surface area contributed by atoms with Gasteiger partial charge in [-0.1, -0.05) is 72.8 Å². The lowest BCUT2D eigenvalue weighted by Crippen LogP contribution is -2.56. The number of hydrogen-bond acceptors (Lipinski definition) is 4. The molecule has 2 fully saturated rings. The van der Waals surface area contributed by atoms with Crippen molar-refractivity contribution in [3.05, 3.63) is 35.5 Å². The number of aliphatic hydroxyl groups is 2. The molecule has 0 aromatic heterocycles. The Balaban J connectivity index is 1.71. The molecule has 0 amide bonds. The Morgan fingerprint density at radius 2 is 1.83 bits per heavy atom. The zero-order valence-corrected chi connectivity index (χ0v) is 23.1. The Bertz CT molecular complexity index is 928. The monoisotopic (exact) mass is 484 g/mol. The maximum absolute atomic E-state index is 11.7. The fourth-order valence-electron chi connectivity index (χ4n) is 8.69. The van der Waals surface area contributed by atoms with Crippen molar-refractivity contribution in [2.24, 2.45) is 39.4 Å². The lowest BCUT2D eigenvalue weighted by molar-refractivity contribution is -0.140. The highest BCUT2D eigenvalue weighted by molar-refractivity contribution is 5.51. The van der Waals surface area contributed by atoms with E-state index in [1.807, 2.05) is 0 Å². The predicted octanol–water partition coefficient (Wildman–Crippen LogP) is 6.38. The van der Waals surface area contributed by atoms with Gasteiger partial charge in [0.25, 0.3) is 6.47 Å². The number of rotatable bonds is 7. The fourth-order valence-corrected chi connectivity index (χ4v) is 8.69. The second-order valence-corrected chi connectivity index (χ2v) is 13.6. The molecule has 4 rings (SSSR count). The summed E-state index contributed by atoms with van der Waals surface area (Å²) in [7, 11) is 0. The fraction of sp³-hybridized carbons (Fsp3) is 0.774. The molecule has 4 aliphatic rings. The molecule has 0 saturated heterocycles. The van der Waals surface area contributed by atoms with Gasteiger partial charge in [0.2, 0.25) is 0 Å². The van der Waals surface area contributed by atoms with Gasteiger partial charge in [-0.25, -0.2) is 0 Å². The first kappa shape index (κ1) is 26.7. The first-order chi connectivity index (χ1) is 16.2. The molecular weight excluding hydrogens is 436 g/mol. The molecule has 0 aliphatic heterocycles. The molecule has 2 N–H and O–H groups in total. The van der Waals surface area contributed by atoms with Crippen LogP contribution in [0.15, 0.2) is 35.5 Å². The van der Waals surface area contributed by atoms with E-state index < -0.39 is 11.5 Å². The zero-order valence-electron chi connectivity index (χ0n) is 23.1. The zero-order chi connectivity index (χ0) is 26.0. The van der Waals surface area contributed by atoms with Gasteiger partial charge in [-0.15, -0.1) is 0 Å². The first-order valence-corrected chi connectivity index (χ1v) is 13.8. The van der Waals surface area contributed by atoms with Crippen LogP contribution in [0.2, 0.25) is 0 Å². The summed E-state index contributed by atoms with van der Waals surface area (Å²) in [6, 6.07) is 0.